The predicted octanol–water partition coefficient (Wildman–Crippen LogP) is 4.11. The van der Waals surface area contributed by atoms with Crippen LogP contribution in [0.3, 0.4) is 0 Å². The van der Waals surface area contributed by atoms with Crippen molar-refractivity contribution in [2.45, 2.75) is 17.9 Å². The molecule has 0 aliphatic carbocycles. The Morgan fingerprint density at radius 1 is 0.912 bits per heavy atom. The fraction of sp³-hybridized carbons (Fsp3) is 0.333. The molecule has 4 aliphatic heterocycles. The third kappa shape index (κ3) is 3.63. The molecule has 7 heteroatoms. The second kappa shape index (κ2) is 8.52. The standard InChI is InChI=1S/C27H29N3O2S2/c1-34(31,33)32-19-27(24-15-9-4-10-16-24)28-17-23-18-30(27)26(22-13-7-3-8-14-22)29(20-28)25(23)21-11-5-2-6-12-21/h2-16,23,25-26H,17-20H2,1H3. The van der Waals surface area contributed by atoms with E-state index < -0.39 is 14.4 Å². The third-order valence-corrected chi connectivity index (χ3v) is 8.42. The second-order valence-electron chi connectivity index (χ2n) is 9.58. The van der Waals surface area contributed by atoms with E-state index >= 15 is 0 Å². The van der Waals surface area contributed by atoms with Gasteiger partial charge >= 0.3 is 0 Å². The lowest BCUT2D eigenvalue weighted by Gasteiger charge is -2.70. The molecule has 5 nitrogen and oxygen atoms in total. The Morgan fingerprint density at radius 2 is 1.50 bits per heavy atom. The molecule has 4 aliphatic rings. The molecule has 176 valence electrons. The minimum Gasteiger partial charge on any atom is -0.286 e. The molecule has 0 aromatic heterocycles. The van der Waals surface area contributed by atoms with E-state index in [0.717, 1.165) is 25.3 Å². The summed E-state index contributed by atoms with van der Waals surface area (Å²) >= 11 is 5.18. The zero-order chi connectivity index (χ0) is 23.3. The number of benzene rings is 3. The highest BCUT2D eigenvalue weighted by Gasteiger charge is 2.62. The van der Waals surface area contributed by atoms with Crippen molar-refractivity contribution in [3.8, 4) is 0 Å². The zero-order valence-electron chi connectivity index (χ0n) is 19.2. The summed E-state index contributed by atoms with van der Waals surface area (Å²) in [6.45, 7) is 2.95. The van der Waals surface area contributed by atoms with Gasteiger partial charge in [-0.1, -0.05) is 91.0 Å². The van der Waals surface area contributed by atoms with Crippen LogP contribution in [-0.2, 0) is 29.8 Å². The molecule has 0 radical (unpaired) electrons. The summed E-state index contributed by atoms with van der Waals surface area (Å²) in [4.78, 5) is 7.70. The number of hydrogen-bond donors (Lipinski definition) is 0. The Labute approximate surface area is 206 Å². The Hall–Kier alpha value is -2.13. The van der Waals surface area contributed by atoms with E-state index in [1.807, 2.05) is 6.07 Å². The van der Waals surface area contributed by atoms with Crippen LogP contribution in [0.5, 0.6) is 0 Å². The van der Waals surface area contributed by atoms with Crippen molar-refractivity contribution >= 4 is 20.0 Å². The van der Waals surface area contributed by atoms with Crippen LogP contribution in [0, 0.1) is 5.92 Å². The summed E-state index contributed by atoms with van der Waals surface area (Å²) in [6, 6.07) is 32.5. The maximum absolute atomic E-state index is 12.5. The second-order valence-corrected chi connectivity index (χ2v) is 13.0. The summed E-state index contributed by atoms with van der Waals surface area (Å²) in [5.74, 6) is 0.461. The molecular weight excluding hydrogens is 462 g/mol. The van der Waals surface area contributed by atoms with Gasteiger partial charge in [0, 0.05) is 42.5 Å². The molecule has 4 saturated heterocycles. The van der Waals surface area contributed by atoms with Gasteiger partial charge in [-0.25, -0.2) is 4.21 Å². The van der Waals surface area contributed by atoms with Gasteiger partial charge < -0.3 is 0 Å². The largest absolute Gasteiger partial charge is 0.286 e. The summed E-state index contributed by atoms with van der Waals surface area (Å²) in [6.07, 6.45) is 1.58. The molecule has 8 unspecified atom stereocenters. The van der Waals surface area contributed by atoms with Crippen molar-refractivity contribution < 1.29 is 8.39 Å². The Bertz CT molecular complexity index is 1260. The van der Waals surface area contributed by atoms with Gasteiger partial charge in [0.15, 0.2) is 0 Å². The van der Waals surface area contributed by atoms with E-state index in [-0.39, 0.29) is 12.8 Å². The van der Waals surface area contributed by atoms with Gasteiger partial charge in [-0.05, 0) is 16.7 Å². The minimum atomic E-state index is -2.77. The first-order valence-electron chi connectivity index (χ1n) is 11.7. The fourth-order valence-electron chi connectivity index (χ4n) is 6.33. The average Bonchev–Trinajstić information content (AvgIpc) is 2.85. The summed E-state index contributed by atoms with van der Waals surface area (Å²) in [5.41, 5.74) is 3.26. The number of nitrogens with zero attached hydrogens (tertiary/aromatic N) is 3. The molecule has 4 bridgehead atoms. The van der Waals surface area contributed by atoms with Crippen molar-refractivity contribution in [3.63, 3.8) is 0 Å². The first-order valence-corrected chi connectivity index (χ1v) is 14.6. The van der Waals surface area contributed by atoms with Gasteiger partial charge in [0.25, 0.3) is 0 Å². The lowest BCUT2D eigenvalue weighted by atomic mass is 9.77. The first kappa shape index (κ1) is 22.3. The maximum atomic E-state index is 12.5. The lowest BCUT2D eigenvalue weighted by molar-refractivity contribution is -0.299. The van der Waals surface area contributed by atoms with Crippen molar-refractivity contribution in [1.29, 1.82) is 0 Å². The quantitative estimate of drug-likeness (QED) is 0.517. The minimum absolute atomic E-state index is 0.0704. The molecule has 0 amide bonds. The van der Waals surface area contributed by atoms with Gasteiger partial charge in [-0.15, -0.1) is 0 Å². The molecule has 0 spiro atoms. The highest BCUT2D eigenvalue weighted by molar-refractivity contribution is 8.29. The van der Waals surface area contributed by atoms with E-state index in [1.54, 1.807) is 0 Å². The van der Waals surface area contributed by atoms with Crippen LogP contribution in [0.4, 0.5) is 0 Å². The van der Waals surface area contributed by atoms with Crippen LogP contribution >= 0.6 is 0 Å². The van der Waals surface area contributed by atoms with Crippen LogP contribution in [0.1, 0.15) is 28.9 Å². The number of rotatable bonds is 6. The Balaban J connectivity index is 1.51. The Morgan fingerprint density at radius 3 is 2.12 bits per heavy atom. The highest BCUT2D eigenvalue weighted by atomic mass is 32.8. The van der Waals surface area contributed by atoms with E-state index in [9.17, 15) is 4.21 Å². The van der Waals surface area contributed by atoms with Crippen LogP contribution in [0.25, 0.3) is 0 Å². The van der Waals surface area contributed by atoms with Crippen molar-refractivity contribution in [3.05, 3.63) is 108 Å². The van der Waals surface area contributed by atoms with Gasteiger partial charge in [-0.2, -0.15) is 0 Å². The third-order valence-electron chi connectivity index (χ3n) is 7.58. The van der Waals surface area contributed by atoms with Crippen LogP contribution in [0.2, 0.25) is 0 Å². The first-order chi connectivity index (χ1) is 16.5. The van der Waals surface area contributed by atoms with Crippen molar-refractivity contribution in [2.24, 2.45) is 5.92 Å². The van der Waals surface area contributed by atoms with E-state index in [2.05, 4.69) is 99.6 Å². The summed E-state index contributed by atoms with van der Waals surface area (Å²) < 4.78 is 18.5. The molecule has 4 heterocycles. The van der Waals surface area contributed by atoms with Gasteiger partial charge in [0.05, 0.1) is 12.8 Å². The lowest BCUT2D eigenvalue weighted by Crippen LogP contribution is -2.79. The van der Waals surface area contributed by atoms with Crippen LogP contribution < -0.4 is 0 Å². The molecule has 34 heavy (non-hydrogen) atoms. The smallest absolute Gasteiger partial charge is 0.141 e. The van der Waals surface area contributed by atoms with Gasteiger partial charge in [0.2, 0.25) is 0 Å². The summed E-state index contributed by atoms with van der Waals surface area (Å²) in [5, 5.41) is 0. The molecule has 3 aromatic rings. The monoisotopic (exact) mass is 491 g/mol. The summed E-state index contributed by atoms with van der Waals surface area (Å²) in [7, 11) is -2.77. The van der Waals surface area contributed by atoms with Crippen molar-refractivity contribution in [2.75, 3.05) is 32.6 Å². The fourth-order valence-corrected chi connectivity index (χ4v) is 6.85. The molecule has 0 saturated carbocycles. The van der Waals surface area contributed by atoms with E-state index in [4.69, 9.17) is 15.4 Å². The maximum Gasteiger partial charge on any atom is 0.141 e. The molecule has 0 N–H and O–H groups in total. The Kier molecular flexibility index (Phi) is 5.60. The zero-order valence-corrected chi connectivity index (χ0v) is 20.8. The molecule has 8 atom stereocenters. The highest BCUT2D eigenvalue weighted by Crippen LogP contribution is 2.56. The predicted molar refractivity (Wildman–Crippen MR) is 137 cm³/mol. The average molecular weight is 492 g/mol. The molecular formula is C27H29N3O2S2. The van der Waals surface area contributed by atoms with Crippen LogP contribution in [0.15, 0.2) is 91.0 Å². The van der Waals surface area contributed by atoms with Gasteiger partial charge in [-0.3, -0.25) is 18.9 Å². The molecule has 4 fully saturated rings. The number of hydrogen-bond acceptors (Lipinski definition) is 6. The van der Waals surface area contributed by atoms with Gasteiger partial charge in [0.1, 0.15) is 21.0 Å². The van der Waals surface area contributed by atoms with Crippen molar-refractivity contribution in [1.82, 2.24) is 14.7 Å². The van der Waals surface area contributed by atoms with E-state index in [1.165, 1.54) is 17.4 Å². The topological polar surface area (TPSA) is 36.0 Å². The molecule has 3 aromatic carbocycles. The van der Waals surface area contributed by atoms with E-state index in [0.29, 0.717) is 12.0 Å². The molecule has 7 rings (SSSR count). The normalized spacial score (nSPS) is 35.7. The van der Waals surface area contributed by atoms with Crippen LogP contribution in [-0.4, -0.2) is 51.5 Å². The SMILES string of the molecule is CS(=O)(=S)OCC1(c2ccccc2)N2CC3CN1C(c1ccccc1)N(C2)C3c1ccccc1.